The third kappa shape index (κ3) is 15.0. The molecule has 0 unspecified atom stereocenters. The van der Waals surface area contributed by atoms with Crippen LogP contribution < -0.4 is 0 Å². The van der Waals surface area contributed by atoms with E-state index >= 15 is 0 Å². The molecule has 2 rings (SSSR count). The second-order valence-electron chi connectivity index (χ2n) is 11.9. The zero-order chi connectivity index (χ0) is 30.4. The highest BCUT2D eigenvalue weighted by atomic mass is 32.2. The summed E-state index contributed by atoms with van der Waals surface area (Å²) in [7, 11) is -4.48. The Morgan fingerprint density at radius 1 is 0.561 bits per heavy atom. The Kier molecular flexibility index (Phi) is 20.3. The third-order valence-corrected chi connectivity index (χ3v) is 10.2. The summed E-state index contributed by atoms with van der Waals surface area (Å²) in [6, 6.07) is 11.0. The summed E-state index contributed by atoms with van der Waals surface area (Å²) < 4.78 is 36.9. The summed E-state index contributed by atoms with van der Waals surface area (Å²) in [5, 5.41) is 1.36. The van der Waals surface area contributed by atoms with E-state index < -0.39 is 10.1 Å². The van der Waals surface area contributed by atoms with Crippen molar-refractivity contribution >= 4 is 20.9 Å². The summed E-state index contributed by atoms with van der Waals surface area (Å²) >= 11 is 0. The zero-order valence-corrected chi connectivity index (χ0v) is 28.2. The Hall–Kier alpha value is -1.43. The molecule has 4 nitrogen and oxygen atoms in total. The van der Waals surface area contributed by atoms with Gasteiger partial charge in [0.15, 0.2) is 0 Å². The molecular formula is C36H63NO3S. The predicted octanol–water partition coefficient (Wildman–Crippen LogP) is 10.4. The first-order valence-corrected chi connectivity index (χ1v) is 18.5. The molecule has 236 valence electrons. The SMILES string of the molecule is CCCCCCCCCCCCCCCCCCc1ccc2ccccc2c1S(=O)(=O)[O-].CC[N+](CC)(CC)CC. The van der Waals surface area contributed by atoms with Gasteiger partial charge in [-0.1, -0.05) is 140 Å². The molecule has 0 aliphatic rings. The van der Waals surface area contributed by atoms with Crippen molar-refractivity contribution in [3.8, 4) is 0 Å². The molecule has 0 fully saturated rings. The number of rotatable bonds is 22. The molecule has 0 heterocycles. The summed E-state index contributed by atoms with van der Waals surface area (Å²) in [6.45, 7) is 16.5. The fraction of sp³-hybridized carbons (Fsp3) is 0.722. The van der Waals surface area contributed by atoms with Crippen LogP contribution >= 0.6 is 0 Å². The van der Waals surface area contributed by atoms with Crippen LogP contribution in [0.4, 0.5) is 0 Å². The maximum absolute atomic E-state index is 11.9. The number of unbranched alkanes of at least 4 members (excludes halogenated alkanes) is 15. The van der Waals surface area contributed by atoms with Gasteiger partial charge in [-0.3, -0.25) is 0 Å². The smallest absolute Gasteiger partial charge is 0.125 e. The number of benzene rings is 2. The normalized spacial score (nSPS) is 12.0. The highest BCUT2D eigenvalue weighted by Crippen LogP contribution is 2.28. The molecule has 2 aromatic carbocycles. The summed E-state index contributed by atoms with van der Waals surface area (Å²) in [5.74, 6) is 0. The molecule has 0 amide bonds. The molecule has 0 aromatic heterocycles. The van der Waals surface area contributed by atoms with Crippen molar-refractivity contribution < 1.29 is 17.5 Å². The van der Waals surface area contributed by atoms with Gasteiger partial charge in [0.1, 0.15) is 10.1 Å². The van der Waals surface area contributed by atoms with E-state index in [2.05, 4.69) is 34.6 Å². The number of nitrogens with zero attached hydrogens (tertiary/aromatic N) is 1. The highest BCUT2D eigenvalue weighted by Gasteiger charge is 2.16. The van der Waals surface area contributed by atoms with Crippen LogP contribution in [-0.2, 0) is 16.5 Å². The number of aryl methyl sites for hydroxylation is 1. The molecule has 41 heavy (non-hydrogen) atoms. The van der Waals surface area contributed by atoms with Crippen molar-refractivity contribution in [3.05, 3.63) is 42.0 Å². The molecule has 0 aliphatic heterocycles. The zero-order valence-electron chi connectivity index (χ0n) is 27.4. The summed E-state index contributed by atoms with van der Waals surface area (Å²) in [5.41, 5.74) is 0.670. The van der Waals surface area contributed by atoms with Gasteiger partial charge < -0.3 is 9.04 Å². The average Bonchev–Trinajstić information content (AvgIpc) is 2.98. The fourth-order valence-corrected chi connectivity index (χ4v) is 6.93. The van der Waals surface area contributed by atoms with Crippen molar-refractivity contribution in [1.82, 2.24) is 0 Å². The Morgan fingerprint density at radius 3 is 1.37 bits per heavy atom. The molecule has 2 aromatic rings. The minimum absolute atomic E-state index is 0.0171. The Morgan fingerprint density at radius 2 is 0.976 bits per heavy atom. The van der Waals surface area contributed by atoms with E-state index in [4.69, 9.17) is 0 Å². The van der Waals surface area contributed by atoms with Crippen LogP contribution in [0.1, 0.15) is 143 Å². The van der Waals surface area contributed by atoms with Gasteiger partial charge in [0.25, 0.3) is 0 Å². The number of fused-ring (bicyclic) bond motifs is 1. The van der Waals surface area contributed by atoms with Gasteiger partial charge in [-0.05, 0) is 56.9 Å². The van der Waals surface area contributed by atoms with Crippen LogP contribution in [0.15, 0.2) is 41.3 Å². The first kappa shape index (κ1) is 37.6. The molecule has 0 N–H and O–H groups in total. The van der Waals surface area contributed by atoms with Gasteiger partial charge in [0, 0.05) is 0 Å². The first-order chi connectivity index (χ1) is 19.8. The van der Waals surface area contributed by atoms with E-state index in [1.165, 1.54) is 121 Å². The van der Waals surface area contributed by atoms with Crippen molar-refractivity contribution in [2.24, 2.45) is 0 Å². The quantitative estimate of drug-likeness (QED) is 0.0780. The van der Waals surface area contributed by atoms with E-state index in [0.29, 0.717) is 17.4 Å². The van der Waals surface area contributed by atoms with Crippen LogP contribution in [0.3, 0.4) is 0 Å². The largest absolute Gasteiger partial charge is 0.744 e. The Bertz CT molecular complexity index is 1010. The average molecular weight is 590 g/mol. The van der Waals surface area contributed by atoms with E-state index in [-0.39, 0.29) is 4.90 Å². The van der Waals surface area contributed by atoms with Crippen molar-refractivity contribution in [3.63, 3.8) is 0 Å². The third-order valence-electron chi connectivity index (χ3n) is 9.19. The van der Waals surface area contributed by atoms with Crippen molar-refractivity contribution in [1.29, 1.82) is 0 Å². The molecule has 0 saturated carbocycles. The highest BCUT2D eigenvalue weighted by molar-refractivity contribution is 7.86. The fourth-order valence-electron chi connectivity index (χ4n) is 5.99. The maximum atomic E-state index is 11.9. The molecule has 0 saturated heterocycles. The predicted molar refractivity (Wildman–Crippen MR) is 178 cm³/mol. The molecule has 0 aliphatic carbocycles. The van der Waals surface area contributed by atoms with Gasteiger partial charge in [0.2, 0.25) is 0 Å². The van der Waals surface area contributed by atoms with Gasteiger partial charge in [-0.15, -0.1) is 0 Å². The lowest BCUT2D eigenvalue weighted by atomic mass is 10.0. The first-order valence-electron chi connectivity index (χ1n) is 17.1. The van der Waals surface area contributed by atoms with Crippen LogP contribution in [0.25, 0.3) is 10.8 Å². The Balaban J connectivity index is 0.000000803. The number of quaternary nitrogens is 1. The minimum Gasteiger partial charge on any atom is -0.744 e. The van der Waals surface area contributed by atoms with Crippen LogP contribution in [0.2, 0.25) is 0 Å². The number of hydrogen-bond acceptors (Lipinski definition) is 3. The van der Waals surface area contributed by atoms with Crippen molar-refractivity contribution in [2.45, 2.75) is 149 Å². The standard InChI is InChI=1S/C28H44O3S.C8H20N/c1-2-3-4-5-6-7-8-9-10-11-12-13-14-15-16-17-21-26-24-23-25-20-18-19-22-27(25)28(26)32(29,30)31;1-5-9(6-2,7-3)8-4/h18-20,22-24H,2-17,21H2,1H3,(H,29,30,31);5-8H2,1-4H3/q;+1/p-1. The molecule has 0 radical (unpaired) electrons. The molecule has 0 bridgehead atoms. The monoisotopic (exact) mass is 589 g/mol. The lowest BCUT2D eigenvalue weighted by Crippen LogP contribution is -2.47. The summed E-state index contributed by atoms with van der Waals surface area (Å²) in [4.78, 5) is -0.0171. The van der Waals surface area contributed by atoms with Gasteiger partial charge in [-0.25, -0.2) is 8.42 Å². The molecular weight excluding hydrogens is 526 g/mol. The Labute approximate surface area is 254 Å². The van der Waals surface area contributed by atoms with E-state index in [0.717, 1.165) is 18.2 Å². The lowest BCUT2D eigenvalue weighted by molar-refractivity contribution is -0.921. The van der Waals surface area contributed by atoms with Crippen LogP contribution in [0, 0.1) is 0 Å². The lowest BCUT2D eigenvalue weighted by Gasteiger charge is -2.34. The number of hydrogen-bond donors (Lipinski definition) is 0. The molecule has 0 spiro atoms. The van der Waals surface area contributed by atoms with E-state index in [1.54, 1.807) is 12.1 Å². The second-order valence-corrected chi connectivity index (χ2v) is 13.2. The summed E-state index contributed by atoms with van der Waals surface area (Å²) in [6.07, 6.45) is 21.7. The van der Waals surface area contributed by atoms with E-state index in [9.17, 15) is 13.0 Å². The topological polar surface area (TPSA) is 57.2 Å². The minimum atomic E-state index is -4.48. The van der Waals surface area contributed by atoms with Crippen LogP contribution in [-0.4, -0.2) is 43.6 Å². The van der Waals surface area contributed by atoms with Gasteiger partial charge in [0.05, 0.1) is 31.1 Å². The van der Waals surface area contributed by atoms with E-state index in [1.807, 2.05) is 24.3 Å². The van der Waals surface area contributed by atoms with Crippen LogP contribution in [0.5, 0.6) is 0 Å². The van der Waals surface area contributed by atoms with Gasteiger partial charge in [-0.2, -0.15) is 0 Å². The maximum Gasteiger partial charge on any atom is 0.125 e. The van der Waals surface area contributed by atoms with Crippen molar-refractivity contribution in [2.75, 3.05) is 26.2 Å². The second kappa shape index (κ2) is 22.2. The molecule has 0 atom stereocenters. The molecule has 5 heteroatoms. The van der Waals surface area contributed by atoms with Gasteiger partial charge >= 0.3 is 0 Å².